The zero-order valence-corrected chi connectivity index (χ0v) is 5.71. The summed E-state index contributed by atoms with van der Waals surface area (Å²) < 4.78 is 0. The Morgan fingerprint density at radius 1 is 1.00 bits per heavy atom. The van der Waals surface area contributed by atoms with Gasteiger partial charge in [0.25, 0.3) is 0 Å². The Bertz CT molecular complexity index is 105. The van der Waals surface area contributed by atoms with Gasteiger partial charge < -0.3 is 5.11 Å². The zero-order valence-electron chi connectivity index (χ0n) is 5.71. The van der Waals surface area contributed by atoms with Gasteiger partial charge in [-0.05, 0) is 37.5 Å². The van der Waals surface area contributed by atoms with Crippen LogP contribution in [0.1, 0.15) is 32.1 Å². The number of hydrogen-bond donors (Lipinski definition) is 1. The third-order valence-electron chi connectivity index (χ3n) is 3.05. The van der Waals surface area contributed by atoms with Crippen molar-refractivity contribution in [3.63, 3.8) is 0 Å². The molecule has 0 heterocycles. The molecule has 9 heavy (non-hydrogen) atoms. The maximum atomic E-state index is 9.40. The highest BCUT2D eigenvalue weighted by Crippen LogP contribution is 2.44. The Morgan fingerprint density at radius 2 is 1.89 bits per heavy atom. The van der Waals surface area contributed by atoms with Crippen molar-refractivity contribution in [2.45, 2.75) is 38.2 Å². The predicted molar refractivity (Wildman–Crippen MR) is 36.1 cm³/mol. The summed E-state index contributed by atoms with van der Waals surface area (Å²) in [6.45, 7) is 0. The van der Waals surface area contributed by atoms with Crippen molar-refractivity contribution in [1.82, 2.24) is 0 Å². The highest BCUT2D eigenvalue weighted by atomic mass is 16.3. The Labute approximate surface area is 56.1 Å². The van der Waals surface area contributed by atoms with Gasteiger partial charge in [-0.15, -0.1) is 0 Å². The van der Waals surface area contributed by atoms with Crippen molar-refractivity contribution in [3.05, 3.63) is 0 Å². The SMILES string of the molecule is OC1CCCC2CCC12. The molecule has 0 spiro atoms. The summed E-state index contributed by atoms with van der Waals surface area (Å²) in [6, 6.07) is 0. The van der Waals surface area contributed by atoms with Crippen LogP contribution >= 0.6 is 0 Å². The smallest absolute Gasteiger partial charge is 0.0571 e. The van der Waals surface area contributed by atoms with E-state index < -0.39 is 0 Å². The van der Waals surface area contributed by atoms with Crippen LogP contribution in [0.5, 0.6) is 0 Å². The molecule has 0 aliphatic heterocycles. The van der Waals surface area contributed by atoms with E-state index >= 15 is 0 Å². The van der Waals surface area contributed by atoms with Crippen LogP contribution in [0.3, 0.4) is 0 Å². The molecule has 2 saturated carbocycles. The molecular weight excluding hydrogens is 112 g/mol. The molecule has 3 atom stereocenters. The first kappa shape index (κ1) is 5.72. The average molecular weight is 126 g/mol. The zero-order chi connectivity index (χ0) is 6.27. The van der Waals surface area contributed by atoms with Gasteiger partial charge in [-0.3, -0.25) is 0 Å². The number of hydrogen-bond acceptors (Lipinski definition) is 1. The van der Waals surface area contributed by atoms with Crippen molar-refractivity contribution in [2.24, 2.45) is 11.8 Å². The molecule has 1 N–H and O–H groups in total. The summed E-state index contributed by atoms with van der Waals surface area (Å²) in [5, 5.41) is 9.40. The molecule has 2 aliphatic carbocycles. The predicted octanol–water partition coefficient (Wildman–Crippen LogP) is 1.56. The first-order chi connectivity index (χ1) is 4.38. The van der Waals surface area contributed by atoms with E-state index in [9.17, 15) is 5.11 Å². The minimum Gasteiger partial charge on any atom is -0.393 e. The number of aliphatic hydroxyl groups is 1. The second-order valence-corrected chi connectivity index (χ2v) is 3.50. The lowest BCUT2D eigenvalue weighted by molar-refractivity contribution is -0.0239. The summed E-state index contributed by atoms with van der Waals surface area (Å²) in [5.74, 6) is 1.62. The topological polar surface area (TPSA) is 20.2 Å². The molecule has 52 valence electrons. The molecule has 0 bridgehead atoms. The van der Waals surface area contributed by atoms with Crippen molar-refractivity contribution < 1.29 is 5.11 Å². The van der Waals surface area contributed by atoms with E-state index in [1.807, 2.05) is 0 Å². The minimum atomic E-state index is 0.0671. The molecule has 0 radical (unpaired) electrons. The van der Waals surface area contributed by atoms with Crippen LogP contribution in [0.2, 0.25) is 0 Å². The standard InChI is InChI=1S/C8H14O/c9-8-3-1-2-6-4-5-7(6)8/h6-9H,1-5H2. The highest BCUT2D eigenvalue weighted by molar-refractivity contribution is 4.89. The van der Waals surface area contributed by atoms with Gasteiger partial charge in [-0.25, -0.2) is 0 Å². The van der Waals surface area contributed by atoms with Gasteiger partial charge in [0.2, 0.25) is 0 Å². The fraction of sp³-hybridized carbons (Fsp3) is 1.00. The molecular formula is C8H14O. The quantitative estimate of drug-likeness (QED) is 0.522. The van der Waals surface area contributed by atoms with Crippen LogP contribution in [0, 0.1) is 11.8 Å². The lowest BCUT2D eigenvalue weighted by Gasteiger charge is -2.43. The molecule has 0 amide bonds. The Hall–Kier alpha value is -0.0400. The Kier molecular flexibility index (Phi) is 1.26. The van der Waals surface area contributed by atoms with Crippen LogP contribution in [0.15, 0.2) is 0 Å². The summed E-state index contributed by atoms with van der Waals surface area (Å²) in [7, 11) is 0. The molecule has 1 heteroatoms. The van der Waals surface area contributed by atoms with Gasteiger partial charge in [0.15, 0.2) is 0 Å². The molecule has 0 aromatic carbocycles. The summed E-state index contributed by atoms with van der Waals surface area (Å²) in [6.07, 6.45) is 6.48. The summed E-state index contributed by atoms with van der Waals surface area (Å²) in [4.78, 5) is 0. The van der Waals surface area contributed by atoms with E-state index in [2.05, 4.69) is 0 Å². The second kappa shape index (κ2) is 1.98. The fourth-order valence-electron chi connectivity index (χ4n) is 2.26. The van der Waals surface area contributed by atoms with E-state index in [0.717, 1.165) is 12.3 Å². The van der Waals surface area contributed by atoms with E-state index in [0.29, 0.717) is 5.92 Å². The molecule has 2 rings (SSSR count). The monoisotopic (exact) mass is 126 g/mol. The van der Waals surface area contributed by atoms with Gasteiger partial charge in [-0.1, -0.05) is 6.42 Å². The van der Waals surface area contributed by atoms with Crippen LogP contribution < -0.4 is 0 Å². The Balaban J connectivity index is 1.98. The Morgan fingerprint density at radius 3 is 2.33 bits per heavy atom. The lowest BCUT2D eigenvalue weighted by Crippen LogP contribution is -2.39. The van der Waals surface area contributed by atoms with Gasteiger partial charge in [0.05, 0.1) is 6.10 Å². The number of fused-ring (bicyclic) bond motifs is 1. The van der Waals surface area contributed by atoms with Crippen LogP contribution in [-0.4, -0.2) is 11.2 Å². The van der Waals surface area contributed by atoms with Crippen molar-refractivity contribution in [1.29, 1.82) is 0 Å². The largest absolute Gasteiger partial charge is 0.393 e. The molecule has 0 aromatic heterocycles. The lowest BCUT2D eigenvalue weighted by atomic mass is 9.64. The number of rotatable bonds is 0. The molecule has 2 fully saturated rings. The van der Waals surface area contributed by atoms with Crippen molar-refractivity contribution in [2.75, 3.05) is 0 Å². The van der Waals surface area contributed by atoms with E-state index in [1.54, 1.807) is 0 Å². The van der Waals surface area contributed by atoms with E-state index in [-0.39, 0.29) is 6.10 Å². The van der Waals surface area contributed by atoms with Gasteiger partial charge in [0.1, 0.15) is 0 Å². The summed E-state index contributed by atoms with van der Waals surface area (Å²) >= 11 is 0. The maximum absolute atomic E-state index is 9.40. The van der Waals surface area contributed by atoms with E-state index in [4.69, 9.17) is 0 Å². The molecule has 0 saturated heterocycles. The van der Waals surface area contributed by atoms with Crippen molar-refractivity contribution >= 4 is 0 Å². The van der Waals surface area contributed by atoms with E-state index in [1.165, 1.54) is 25.7 Å². The highest BCUT2D eigenvalue weighted by Gasteiger charge is 2.38. The summed E-state index contributed by atoms with van der Waals surface area (Å²) in [5.41, 5.74) is 0. The van der Waals surface area contributed by atoms with Crippen LogP contribution in [0.25, 0.3) is 0 Å². The van der Waals surface area contributed by atoms with Crippen LogP contribution in [0.4, 0.5) is 0 Å². The fourth-order valence-corrected chi connectivity index (χ4v) is 2.26. The molecule has 2 aliphatic rings. The maximum Gasteiger partial charge on any atom is 0.0571 e. The normalized spacial score (nSPS) is 49.7. The third kappa shape index (κ3) is 0.787. The van der Waals surface area contributed by atoms with Crippen LogP contribution in [-0.2, 0) is 0 Å². The van der Waals surface area contributed by atoms with Crippen molar-refractivity contribution in [3.8, 4) is 0 Å². The molecule has 0 aromatic rings. The first-order valence-corrected chi connectivity index (χ1v) is 4.06. The third-order valence-corrected chi connectivity index (χ3v) is 3.05. The molecule has 3 unspecified atom stereocenters. The first-order valence-electron chi connectivity index (χ1n) is 4.06. The second-order valence-electron chi connectivity index (χ2n) is 3.50. The number of aliphatic hydroxyl groups excluding tert-OH is 1. The minimum absolute atomic E-state index is 0.0671. The van der Waals surface area contributed by atoms with Gasteiger partial charge in [0, 0.05) is 0 Å². The van der Waals surface area contributed by atoms with Gasteiger partial charge in [-0.2, -0.15) is 0 Å². The molecule has 1 nitrogen and oxygen atoms in total. The average Bonchev–Trinajstić information content (AvgIpc) is 1.74. The van der Waals surface area contributed by atoms with Gasteiger partial charge >= 0.3 is 0 Å².